The number of nitrogens with zero attached hydrogens (tertiary/aromatic N) is 3. The van der Waals surface area contributed by atoms with Crippen LogP contribution in [0.25, 0.3) is 0 Å². The van der Waals surface area contributed by atoms with Crippen molar-refractivity contribution in [3.63, 3.8) is 0 Å². The fourth-order valence-electron chi connectivity index (χ4n) is 0.507. The molecule has 6 nitrogen and oxygen atoms in total. The highest BCUT2D eigenvalue weighted by Crippen LogP contribution is 1.77. The van der Waals surface area contributed by atoms with Gasteiger partial charge in [0, 0.05) is 0 Å². The van der Waals surface area contributed by atoms with Gasteiger partial charge in [-0.1, -0.05) is 0 Å². The molecule has 0 saturated carbocycles. The Balaban J connectivity index is 2.48. The lowest BCUT2D eigenvalue weighted by atomic mass is 10.6. The summed E-state index contributed by atoms with van der Waals surface area (Å²) < 4.78 is 1.38. The second kappa shape index (κ2) is 2.92. The smallest absolute Gasteiger partial charge is 0.255 e. The molecule has 0 aliphatic carbocycles. The monoisotopic (exact) mass is 141 g/mol. The Morgan fingerprint density at radius 1 is 1.80 bits per heavy atom. The zero-order chi connectivity index (χ0) is 7.40. The van der Waals surface area contributed by atoms with Crippen LogP contribution in [0.3, 0.4) is 0 Å². The van der Waals surface area contributed by atoms with Gasteiger partial charge < -0.3 is 0 Å². The van der Waals surface area contributed by atoms with Gasteiger partial charge in [-0.05, 0) is 0 Å². The number of nitrogens with one attached hydrogen (secondary N) is 1. The average Bonchev–Trinajstić information content (AvgIpc) is 2.40. The fraction of sp³-hybridized carbons (Fsp3) is 0.250. The highest BCUT2D eigenvalue weighted by atomic mass is 16.2. The number of hydrogen-bond acceptors (Lipinski definition) is 4. The number of aromatic nitrogens is 3. The molecule has 0 radical (unpaired) electrons. The third kappa shape index (κ3) is 1.52. The topological polar surface area (TPSA) is 85.8 Å². The van der Waals surface area contributed by atoms with Gasteiger partial charge in [0.2, 0.25) is 0 Å². The van der Waals surface area contributed by atoms with Gasteiger partial charge in [0.15, 0.2) is 0 Å². The van der Waals surface area contributed by atoms with E-state index in [1.165, 1.54) is 17.3 Å². The van der Waals surface area contributed by atoms with Crippen LogP contribution in [0.1, 0.15) is 0 Å². The summed E-state index contributed by atoms with van der Waals surface area (Å²) >= 11 is 0. The van der Waals surface area contributed by atoms with Crippen LogP contribution >= 0.6 is 0 Å². The molecule has 6 heteroatoms. The van der Waals surface area contributed by atoms with Gasteiger partial charge in [-0.2, -0.15) is 5.10 Å². The first-order chi connectivity index (χ1) is 4.83. The van der Waals surface area contributed by atoms with Crippen molar-refractivity contribution in [2.45, 2.75) is 6.54 Å². The molecule has 0 aliphatic rings. The molecule has 3 N–H and O–H groups in total. The molecule has 0 spiro atoms. The molecule has 10 heavy (non-hydrogen) atoms. The second-order valence-corrected chi connectivity index (χ2v) is 1.66. The van der Waals surface area contributed by atoms with Crippen LogP contribution in [0.5, 0.6) is 0 Å². The van der Waals surface area contributed by atoms with E-state index >= 15 is 0 Å². The van der Waals surface area contributed by atoms with E-state index < -0.39 is 0 Å². The van der Waals surface area contributed by atoms with Gasteiger partial charge in [-0.25, -0.2) is 15.5 Å². The number of hydrazine groups is 1. The lowest BCUT2D eigenvalue weighted by molar-refractivity contribution is -0.121. The molecule has 1 rings (SSSR count). The fourth-order valence-corrected chi connectivity index (χ4v) is 0.507. The molecular weight excluding hydrogens is 134 g/mol. The van der Waals surface area contributed by atoms with Gasteiger partial charge >= 0.3 is 0 Å². The van der Waals surface area contributed by atoms with E-state index in [2.05, 4.69) is 10.1 Å². The lowest BCUT2D eigenvalue weighted by Crippen LogP contribution is -2.33. The first-order valence-electron chi connectivity index (χ1n) is 2.65. The van der Waals surface area contributed by atoms with Crippen molar-refractivity contribution in [3.8, 4) is 0 Å². The quantitative estimate of drug-likeness (QED) is 0.291. The summed E-state index contributed by atoms with van der Waals surface area (Å²) in [6.07, 6.45) is 2.79. The standard InChI is InChI=1S/C4H7N5O/c5-8-4(10)1-9-3-6-2-7-9/h2-3H,1,5H2,(H,8,10). The second-order valence-electron chi connectivity index (χ2n) is 1.66. The molecule has 0 fully saturated rings. The van der Waals surface area contributed by atoms with Crippen molar-refractivity contribution < 1.29 is 4.79 Å². The summed E-state index contributed by atoms with van der Waals surface area (Å²) in [5.41, 5.74) is 1.98. The van der Waals surface area contributed by atoms with Crippen molar-refractivity contribution in [2.24, 2.45) is 5.84 Å². The number of rotatable bonds is 2. The van der Waals surface area contributed by atoms with Crippen molar-refractivity contribution in [3.05, 3.63) is 12.7 Å². The van der Waals surface area contributed by atoms with E-state index in [4.69, 9.17) is 5.84 Å². The first-order valence-corrected chi connectivity index (χ1v) is 2.65. The minimum absolute atomic E-state index is 0.108. The number of carbonyl (C=O) groups is 1. The van der Waals surface area contributed by atoms with E-state index in [1.54, 1.807) is 0 Å². The average molecular weight is 141 g/mol. The molecule has 54 valence electrons. The zero-order valence-corrected chi connectivity index (χ0v) is 5.19. The van der Waals surface area contributed by atoms with Crippen LogP contribution in [0.2, 0.25) is 0 Å². The Hall–Kier alpha value is -1.43. The SMILES string of the molecule is NNC(=O)Cn1cncn1. The normalized spacial score (nSPS) is 9.30. The van der Waals surface area contributed by atoms with Gasteiger partial charge in [0.25, 0.3) is 5.91 Å². The van der Waals surface area contributed by atoms with Crippen LogP contribution in [0.15, 0.2) is 12.7 Å². The van der Waals surface area contributed by atoms with Crippen molar-refractivity contribution >= 4 is 5.91 Å². The molecule has 1 aromatic heterocycles. The van der Waals surface area contributed by atoms with E-state index in [9.17, 15) is 4.79 Å². The Labute approximate surface area is 57.0 Å². The number of carbonyl (C=O) groups excluding carboxylic acids is 1. The molecular formula is C4H7N5O. The molecule has 1 amide bonds. The Kier molecular flexibility index (Phi) is 1.96. The highest BCUT2D eigenvalue weighted by Gasteiger charge is 1.97. The molecule has 0 bridgehead atoms. The van der Waals surface area contributed by atoms with Crippen LogP contribution < -0.4 is 11.3 Å². The minimum atomic E-state index is -0.300. The Bertz CT molecular complexity index is 205. The zero-order valence-electron chi connectivity index (χ0n) is 5.19. The summed E-state index contributed by atoms with van der Waals surface area (Å²) in [6.45, 7) is 0.108. The Morgan fingerprint density at radius 3 is 3.10 bits per heavy atom. The maximum absolute atomic E-state index is 10.6. The molecule has 0 atom stereocenters. The largest absolute Gasteiger partial charge is 0.293 e. The van der Waals surface area contributed by atoms with Gasteiger partial charge in [0.05, 0.1) is 0 Å². The van der Waals surface area contributed by atoms with Gasteiger partial charge in [-0.3, -0.25) is 10.2 Å². The van der Waals surface area contributed by atoms with Crippen LogP contribution in [-0.4, -0.2) is 20.7 Å². The predicted molar refractivity (Wildman–Crippen MR) is 32.4 cm³/mol. The van der Waals surface area contributed by atoms with Crippen LogP contribution in [0, 0.1) is 0 Å². The predicted octanol–water partition coefficient (Wildman–Crippen LogP) is -1.73. The van der Waals surface area contributed by atoms with E-state index in [-0.39, 0.29) is 12.5 Å². The lowest BCUT2D eigenvalue weighted by Gasteiger charge is -1.96. The van der Waals surface area contributed by atoms with Crippen LogP contribution in [0.4, 0.5) is 0 Å². The molecule has 0 unspecified atom stereocenters. The summed E-state index contributed by atoms with van der Waals surface area (Å²) in [5.74, 6) is 4.53. The van der Waals surface area contributed by atoms with Crippen molar-refractivity contribution in [2.75, 3.05) is 0 Å². The third-order valence-electron chi connectivity index (χ3n) is 0.933. The van der Waals surface area contributed by atoms with E-state index in [0.29, 0.717) is 0 Å². The molecule has 0 saturated heterocycles. The summed E-state index contributed by atoms with van der Waals surface area (Å²) in [7, 11) is 0. The maximum Gasteiger partial charge on any atom is 0.255 e. The van der Waals surface area contributed by atoms with E-state index in [0.717, 1.165) is 0 Å². The molecule has 0 aliphatic heterocycles. The minimum Gasteiger partial charge on any atom is -0.293 e. The molecule has 1 aromatic rings. The van der Waals surface area contributed by atoms with Crippen molar-refractivity contribution in [1.29, 1.82) is 0 Å². The molecule has 1 heterocycles. The third-order valence-corrected chi connectivity index (χ3v) is 0.933. The van der Waals surface area contributed by atoms with Gasteiger partial charge in [-0.15, -0.1) is 0 Å². The number of nitrogens with two attached hydrogens (primary N) is 1. The van der Waals surface area contributed by atoms with Gasteiger partial charge in [0.1, 0.15) is 19.2 Å². The summed E-state index contributed by atoms with van der Waals surface area (Å²) in [6, 6.07) is 0. The first kappa shape index (κ1) is 6.69. The highest BCUT2D eigenvalue weighted by molar-refractivity contribution is 5.74. The van der Waals surface area contributed by atoms with E-state index in [1.807, 2.05) is 5.43 Å². The van der Waals surface area contributed by atoms with Crippen molar-refractivity contribution in [1.82, 2.24) is 20.2 Å². The summed E-state index contributed by atoms with van der Waals surface area (Å²) in [5, 5.41) is 3.69. The number of hydrogen-bond donors (Lipinski definition) is 2. The maximum atomic E-state index is 10.6. The molecule has 0 aromatic carbocycles. The summed E-state index contributed by atoms with van der Waals surface area (Å²) in [4.78, 5) is 14.2. The Morgan fingerprint density at radius 2 is 2.60 bits per heavy atom. The number of amides is 1. The van der Waals surface area contributed by atoms with Crippen LogP contribution in [-0.2, 0) is 11.3 Å².